The van der Waals surface area contributed by atoms with E-state index < -0.39 is 0 Å². The molecule has 0 unspecified atom stereocenters. The maximum Gasteiger partial charge on any atom is 0.271 e. The minimum Gasteiger partial charge on any atom is -0.345 e. The van der Waals surface area contributed by atoms with Crippen molar-refractivity contribution in [2.45, 2.75) is 38.1 Å². The quantitative estimate of drug-likeness (QED) is 0.861. The third kappa shape index (κ3) is 2.50. The van der Waals surface area contributed by atoms with Crippen LogP contribution in [-0.4, -0.2) is 21.4 Å². The topological polar surface area (TPSA) is 54.9 Å². The van der Waals surface area contributed by atoms with E-state index in [0.29, 0.717) is 10.8 Å². The van der Waals surface area contributed by atoms with Gasteiger partial charge in [-0.2, -0.15) is 0 Å². The molecule has 0 radical (unpaired) electrons. The second-order valence-corrected chi connectivity index (χ2v) is 4.83. The molecule has 0 aromatic carbocycles. The number of hydrogen-bond donors (Lipinski definition) is 1. The van der Waals surface area contributed by atoms with Gasteiger partial charge in [-0.15, -0.1) is 0 Å². The monoisotopic (exact) mass is 239 g/mol. The number of aromatic nitrogens is 2. The van der Waals surface area contributed by atoms with Crippen LogP contribution < -0.4 is 5.32 Å². The molecule has 1 aromatic rings. The third-order valence-corrected chi connectivity index (χ3v) is 3.17. The number of nitrogens with one attached hydrogen (secondary N) is 1. The lowest BCUT2D eigenvalue weighted by molar-refractivity contribution is 0.0902. The normalized spacial score (nSPS) is 18.4. The number of carbonyl (C=O) groups excluding carboxylic acids is 1. The Bertz CT molecular complexity index is 385. The molecule has 1 amide bonds. The Kier molecular flexibility index (Phi) is 3.10. The Hall–Kier alpha value is -1.16. The summed E-state index contributed by atoms with van der Waals surface area (Å²) in [5, 5.41) is 3.30. The van der Waals surface area contributed by atoms with Gasteiger partial charge in [-0.05, 0) is 19.8 Å². The smallest absolute Gasteiger partial charge is 0.271 e. The van der Waals surface area contributed by atoms with Crippen LogP contribution >= 0.6 is 11.6 Å². The predicted molar refractivity (Wildman–Crippen MR) is 61.4 cm³/mol. The third-order valence-electron chi connectivity index (χ3n) is 2.98. The van der Waals surface area contributed by atoms with E-state index in [-0.39, 0.29) is 11.4 Å². The molecule has 5 heteroatoms. The van der Waals surface area contributed by atoms with E-state index in [1.165, 1.54) is 25.2 Å². The van der Waals surface area contributed by atoms with E-state index in [1.807, 2.05) is 0 Å². The van der Waals surface area contributed by atoms with Crippen LogP contribution in [0.25, 0.3) is 0 Å². The van der Waals surface area contributed by atoms with Crippen molar-refractivity contribution in [3.8, 4) is 0 Å². The molecular weight excluding hydrogens is 226 g/mol. The first-order valence-corrected chi connectivity index (χ1v) is 5.77. The largest absolute Gasteiger partial charge is 0.345 e. The molecule has 16 heavy (non-hydrogen) atoms. The van der Waals surface area contributed by atoms with Crippen LogP contribution in [0.4, 0.5) is 0 Å². The lowest BCUT2D eigenvalue weighted by Crippen LogP contribution is -2.43. The molecule has 1 heterocycles. The van der Waals surface area contributed by atoms with Gasteiger partial charge in [-0.1, -0.05) is 24.4 Å². The van der Waals surface area contributed by atoms with E-state index in [2.05, 4.69) is 22.2 Å². The average molecular weight is 240 g/mol. The Morgan fingerprint density at radius 3 is 2.62 bits per heavy atom. The first-order valence-electron chi connectivity index (χ1n) is 5.39. The van der Waals surface area contributed by atoms with Crippen LogP contribution in [0.3, 0.4) is 0 Å². The zero-order chi connectivity index (χ0) is 11.6. The molecule has 86 valence electrons. The summed E-state index contributed by atoms with van der Waals surface area (Å²) in [5.41, 5.74) is 0.232. The molecule has 1 aliphatic carbocycles. The van der Waals surface area contributed by atoms with Crippen molar-refractivity contribution in [2.75, 3.05) is 0 Å². The number of amides is 1. The maximum atomic E-state index is 11.9. The van der Waals surface area contributed by atoms with Gasteiger partial charge in [0.15, 0.2) is 0 Å². The fourth-order valence-corrected chi connectivity index (χ4v) is 2.15. The van der Waals surface area contributed by atoms with E-state index in [1.54, 1.807) is 0 Å². The highest BCUT2D eigenvalue weighted by atomic mass is 35.5. The predicted octanol–water partition coefficient (Wildman–Crippen LogP) is 2.19. The number of hydrogen-bond acceptors (Lipinski definition) is 3. The summed E-state index contributed by atoms with van der Waals surface area (Å²) in [5.74, 6) is -0.173. The van der Waals surface area contributed by atoms with Crippen molar-refractivity contribution < 1.29 is 4.79 Å². The van der Waals surface area contributed by atoms with Gasteiger partial charge in [0.05, 0.1) is 12.4 Å². The first-order chi connectivity index (χ1) is 7.59. The fourth-order valence-electron chi connectivity index (χ4n) is 2.05. The average Bonchev–Trinajstić information content (AvgIpc) is 2.65. The minimum absolute atomic E-state index is 0.0849. The van der Waals surface area contributed by atoms with Gasteiger partial charge in [-0.25, -0.2) is 9.97 Å². The Morgan fingerprint density at radius 1 is 1.38 bits per heavy atom. The molecule has 1 N–H and O–H groups in total. The minimum atomic E-state index is -0.173. The van der Waals surface area contributed by atoms with Crippen LogP contribution in [0.1, 0.15) is 43.1 Å². The molecule has 2 rings (SSSR count). The summed E-state index contributed by atoms with van der Waals surface area (Å²) in [6.07, 6.45) is 7.18. The van der Waals surface area contributed by atoms with E-state index in [0.717, 1.165) is 12.8 Å². The summed E-state index contributed by atoms with van der Waals surface area (Å²) in [7, 11) is 0. The van der Waals surface area contributed by atoms with Crippen molar-refractivity contribution in [1.29, 1.82) is 0 Å². The van der Waals surface area contributed by atoms with Crippen molar-refractivity contribution in [1.82, 2.24) is 15.3 Å². The van der Waals surface area contributed by atoms with Crippen molar-refractivity contribution in [3.63, 3.8) is 0 Å². The summed E-state index contributed by atoms with van der Waals surface area (Å²) in [4.78, 5) is 19.6. The maximum absolute atomic E-state index is 11.9. The van der Waals surface area contributed by atoms with Gasteiger partial charge in [0, 0.05) is 5.54 Å². The number of carbonyl (C=O) groups is 1. The number of rotatable bonds is 2. The van der Waals surface area contributed by atoms with Gasteiger partial charge < -0.3 is 5.32 Å². The Morgan fingerprint density at radius 2 is 2.06 bits per heavy atom. The number of nitrogens with zero attached hydrogens (tertiary/aromatic N) is 2. The summed E-state index contributed by atoms with van der Waals surface area (Å²) in [6.45, 7) is 2.07. The second kappa shape index (κ2) is 4.37. The fraction of sp³-hybridized carbons (Fsp3) is 0.545. The van der Waals surface area contributed by atoms with Crippen LogP contribution in [0.2, 0.25) is 5.15 Å². The SMILES string of the molecule is CC1(NC(=O)c2cnc(Cl)cn2)CCCC1. The van der Waals surface area contributed by atoms with Gasteiger partial charge in [0.2, 0.25) is 0 Å². The first kappa shape index (κ1) is 11.3. The lowest BCUT2D eigenvalue weighted by atomic mass is 10.0. The molecule has 1 fully saturated rings. The van der Waals surface area contributed by atoms with E-state index in [4.69, 9.17) is 11.6 Å². The molecule has 0 aliphatic heterocycles. The van der Waals surface area contributed by atoms with Crippen LogP contribution in [0.5, 0.6) is 0 Å². The molecule has 1 aliphatic rings. The summed E-state index contributed by atoms with van der Waals surface area (Å²) in [6, 6.07) is 0. The summed E-state index contributed by atoms with van der Waals surface area (Å²) < 4.78 is 0. The van der Waals surface area contributed by atoms with E-state index in [9.17, 15) is 4.79 Å². The Labute approximate surface area is 99.4 Å². The van der Waals surface area contributed by atoms with Crippen molar-refractivity contribution in [3.05, 3.63) is 23.2 Å². The molecule has 4 nitrogen and oxygen atoms in total. The van der Waals surface area contributed by atoms with Crippen LogP contribution in [0.15, 0.2) is 12.4 Å². The lowest BCUT2D eigenvalue weighted by Gasteiger charge is -2.24. The molecule has 0 bridgehead atoms. The van der Waals surface area contributed by atoms with E-state index >= 15 is 0 Å². The van der Waals surface area contributed by atoms with Gasteiger partial charge in [0.25, 0.3) is 5.91 Å². The zero-order valence-electron chi connectivity index (χ0n) is 9.16. The van der Waals surface area contributed by atoms with Crippen molar-refractivity contribution >= 4 is 17.5 Å². The second-order valence-electron chi connectivity index (χ2n) is 4.45. The van der Waals surface area contributed by atoms with Crippen LogP contribution in [0, 0.1) is 0 Å². The molecule has 0 atom stereocenters. The molecule has 0 spiro atoms. The standard InChI is InChI=1S/C11H14ClN3O/c1-11(4-2-3-5-11)15-10(16)8-6-14-9(12)7-13-8/h6-7H,2-5H2,1H3,(H,15,16). The van der Waals surface area contributed by atoms with Crippen LogP contribution in [-0.2, 0) is 0 Å². The highest BCUT2D eigenvalue weighted by molar-refractivity contribution is 6.29. The van der Waals surface area contributed by atoms with Crippen molar-refractivity contribution in [2.24, 2.45) is 0 Å². The highest BCUT2D eigenvalue weighted by Gasteiger charge is 2.30. The molecular formula is C11H14ClN3O. The molecule has 1 saturated carbocycles. The highest BCUT2D eigenvalue weighted by Crippen LogP contribution is 2.28. The van der Waals surface area contributed by atoms with Gasteiger partial charge in [0.1, 0.15) is 10.8 Å². The summed E-state index contributed by atoms with van der Waals surface area (Å²) >= 11 is 5.61. The Balaban J connectivity index is 2.05. The zero-order valence-corrected chi connectivity index (χ0v) is 9.92. The number of halogens is 1. The molecule has 1 aromatic heterocycles. The van der Waals surface area contributed by atoms with Gasteiger partial charge >= 0.3 is 0 Å². The van der Waals surface area contributed by atoms with Gasteiger partial charge in [-0.3, -0.25) is 4.79 Å². The molecule has 0 saturated heterocycles.